The van der Waals surface area contributed by atoms with Crippen molar-refractivity contribution in [3.63, 3.8) is 0 Å². The Balaban J connectivity index is 1.51. The minimum Gasteiger partial charge on any atom is -0.334 e. The van der Waals surface area contributed by atoms with Crippen molar-refractivity contribution in [3.05, 3.63) is 51.5 Å². The number of imidazole rings is 1. The molecule has 0 saturated carbocycles. The van der Waals surface area contributed by atoms with Crippen LogP contribution in [0.4, 0.5) is 13.2 Å². The van der Waals surface area contributed by atoms with Gasteiger partial charge in [0.1, 0.15) is 5.82 Å². The molecule has 0 unspecified atom stereocenters. The van der Waals surface area contributed by atoms with Gasteiger partial charge in [-0.15, -0.1) is 0 Å². The number of likely N-dealkylation sites (tertiary alicyclic amines) is 1. The molecule has 0 N–H and O–H groups in total. The maximum absolute atomic E-state index is 13.0. The molecule has 30 heavy (non-hydrogen) atoms. The van der Waals surface area contributed by atoms with Gasteiger partial charge in [0.2, 0.25) is 0 Å². The van der Waals surface area contributed by atoms with Crippen molar-refractivity contribution in [2.24, 2.45) is 13.0 Å². The summed E-state index contributed by atoms with van der Waals surface area (Å²) in [7, 11) is 3.42. The summed E-state index contributed by atoms with van der Waals surface area (Å²) in [6.45, 7) is 4.19. The molecule has 2 aliphatic rings. The van der Waals surface area contributed by atoms with Gasteiger partial charge in [0, 0.05) is 63.1 Å². The molecule has 2 aliphatic heterocycles. The molecule has 4 rings (SSSR count). The Labute approximate surface area is 173 Å². The number of hydrogen-bond acceptors (Lipinski definition) is 4. The molecule has 0 aliphatic carbocycles. The number of alkyl halides is 3. The molecule has 0 spiro atoms. The fourth-order valence-corrected chi connectivity index (χ4v) is 4.92. The third kappa shape index (κ3) is 4.32. The molecule has 6 nitrogen and oxygen atoms in total. The summed E-state index contributed by atoms with van der Waals surface area (Å²) in [5, 5.41) is 0. The molecule has 2 aromatic heterocycles. The highest BCUT2D eigenvalue weighted by molar-refractivity contribution is 5.22. The number of aromatic nitrogens is 3. The van der Waals surface area contributed by atoms with Crippen LogP contribution in [-0.2, 0) is 26.7 Å². The Bertz CT molecular complexity index is 980. The first kappa shape index (κ1) is 21.1. The van der Waals surface area contributed by atoms with E-state index in [4.69, 9.17) is 0 Å². The third-order valence-electron chi connectivity index (χ3n) is 6.35. The highest BCUT2D eigenvalue weighted by Gasteiger charge is 2.35. The van der Waals surface area contributed by atoms with Gasteiger partial charge in [0.15, 0.2) is 0 Å². The molecule has 2 aromatic rings. The summed E-state index contributed by atoms with van der Waals surface area (Å²) < 4.78 is 41.8. The Kier molecular flexibility index (Phi) is 5.52. The lowest BCUT2D eigenvalue weighted by Crippen LogP contribution is -2.47. The highest BCUT2D eigenvalue weighted by Crippen LogP contribution is 2.35. The molecular weight excluding hydrogens is 395 g/mol. The van der Waals surface area contributed by atoms with Crippen LogP contribution in [-0.4, -0.2) is 56.8 Å². The van der Waals surface area contributed by atoms with Gasteiger partial charge in [-0.25, -0.2) is 4.98 Å². The monoisotopic (exact) mass is 423 g/mol. The Morgan fingerprint density at radius 2 is 2.00 bits per heavy atom. The van der Waals surface area contributed by atoms with Crippen LogP contribution >= 0.6 is 0 Å². The zero-order valence-electron chi connectivity index (χ0n) is 17.6. The minimum absolute atomic E-state index is 0.0000772. The van der Waals surface area contributed by atoms with Gasteiger partial charge in [-0.3, -0.25) is 14.6 Å². The van der Waals surface area contributed by atoms with Crippen LogP contribution < -0.4 is 5.56 Å². The van der Waals surface area contributed by atoms with Gasteiger partial charge < -0.3 is 9.13 Å². The van der Waals surface area contributed by atoms with E-state index in [1.165, 1.54) is 12.7 Å². The number of aryl methyl sites for hydroxylation is 1. The average molecular weight is 423 g/mol. The SMILES string of the molecule is Cc1ncc(CN2C[C@@H]3C[C@H](C2)c2ccc(CN(C)CC(F)(F)F)c(=O)n2C3)n1C. The standard InChI is InChI=1S/C21H28F3N5O/c1-14-25-7-18(27(14)3)12-28-8-15-6-17(11-28)19-5-4-16(20(30)29(19)9-15)10-26(2)13-21(22,23)24/h4-5,7,15,17H,6,8-13H2,1-3H3/t15-,17+/m0/s1. The topological polar surface area (TPSA) is 46.3 Å². The van der Waals surface area contributed by atoms with E-state index in [1.54, 1.807) is 10.6 Å². The second-order valence-electron chi connectivity index (χ2n) is 8.84. The molecule has 2 bridgehead atoms. The minimum atomic E-state index is -4.27. The molecule has 1 saturated heterocycles. The summed E-state index contributed by atoms with van der Waals surface area (Å²) in [4.78, 5) is 20.9. The number of nitrogens with zero attached hydrogens (tertiary/aromatic N) is 5. The van der Waals surface area contributed by atoms with E-state index in [-0.39, 0.29) is 18.0 Å². The predicted molar refractivity (Wildman–Crippen MR) is 107 cm³/mol. The van der Waals surface area contributed by atoms with Crippen molar-refractivity contribution in [2.45, 2.75) is 45.1 Å². The van der Waals surface area contributed by atoms with Gasteiger partial charge in [-0.2, -0.15) is 13.2 Å². The fourth-order valence-electron chi connectivity index (χ4n) is 4.92. The zero-order chi connectivity index (χ0) is 21.6. The average Bonchev–Trinajstić information content (AvgIpc) is 2.95. The van der Waals surface area contributed by atoms with Crippen molar-refractivity contribution in [3.8, 4) is 0 Å². The number of hydrogen-bond donors (Lipinski definition) is 0. The van der Waals surface area contributed by atoms with Crippen molar-refractivity contribution < 1.29 is 13.2 Å². The first-order valence-corrected chi connectivity index (χ1v) is 10.3. The molecule has 0 aromatic carbocycles. The van der Waals surface area contributed by atoms with Crippen molar-refractivity contribution in [1.82, 2.24) is 23.9 Å². The van der Waals surface area contributed by atoms with Crippen molar-refractivity contribution in [1.29, 1.82) is 0 Å². The molecule has 0 amide bonds. The lowest BCUT2D eigenvalue weighted by molar-refractivity contribution is -0.144. The van der Waals surface area contributed by atoms with Crippen LogP contribution in [0.25, 0.3) is 0 Å². The lowest BCUT2D eigenvalue weighted by Gasteiger charge is -2.43. The van der Waals surface area contributed by atoms with Crippen LogP contribution in [0.15, 0.2) is 23.1 Å². The summed E-state index contributed by atoms with van der Waals surface area (Å²) in [5.74, 6) is 1.62. The Morgan fingerprint density at radius 3 is 2.67 bits per heavy atom. The van der Waals surface area contributed by atoms with Crippen LogP contribution in [0, 0.1) is 12.8 Å². The summed E-state index contributed by atoms with van der Waals surface area (Å²) in [5.41, 5.74) is 2.46. The quantitative estimate of drug-likeness (QED) is 0.742. The lowest BCUT2D eigenvalue weighted by atomic mass is 9.83. The zero-order valence-corrected chi connectivity index (χ0v) is 17.6. The van der Waals surface area contributed by atoms with Crippen LogP contribution in [0.2, 0.25) is 0 Å². The van der Waals surface area contributed by atoms with E-state index in [1.807, 2.05) is 26.2 Å². The van der Waals surface area contributed by atoms with E-state index in [0.29, 0.717) is 18.0 Å². The van der Waals surface area contributed by atoms with Crippen LogP contribution in [0.3, 0.4) is 0 Å². The molecule has 4 heterocycles. The number of halogens is 3. The third-order valence-corrected chi connectivity index (χ3v) is 6.35. The largest absolute Gasteiger partial charge is 0.401 e. The molecule has 164 valence electrons. The van der Waals surface area contributed by atoms with Gasteiger partial charge in [-0.05, 0) is 32.4 Å². The second kappa shape index (κ2) is 7.85. The maximum atomic E-state index is 13.0. The molecule has 2 atom stereocenters. The van der Waals surface area contributed by atoms with E-state index < -0.39 is 12.7 Å². The second-order valence-corrected chi connectivity index (χ2v) is 8.84. The highest BCUT2D eigenvalue weighted by atomic mass is 19.4. The van der Waals surface area contributed by atoms with E-state index in [9.17, 15) is 18.0 Å². The van der Waals surface area contributed by atoms with Crippen LogP contribution in [0.5, 0.6) is 0 Å². The van der Waals surface area contributed by atoms with Gasteiger partial charge >= 0.3 is 6.18 Å². The normalized spacial score (nSPS) is 21.8. The first-order valence-electron chi connectivity index (χ1n) is 10.3. The smallest absolute Gasteiger partial charge is 0.334 e. The maximum Gasteiger partial charge on any atom is 0.401 e. The Hall–Kier alpha value is -2.13. The number of piperidine rings is 1. The molecular formula is C21H28F3N5O. The number of rotatable bonds is 5. The molecule has 9 heteroatoms. The number of fused-ring (bicyclic) bond motifs is 4. The first-order chi connectivity index (χ1) is 14.1. The van der Waals surface area contributed by atoms with Crippen LogP contribution in [0.1, 0.15) is 35.1 Å². The van der Waals surface area contributed by atoms with E-state index in [0.717, 1.165) is 42.5 Å². The summed E-state index contributed by atoms with van der Waals surface area (Å²) >= 11 is 0. The molecule has 1 fully saturated rings. The fraction of sp³-hybridized carbons (Fsp3) is 0.619. The van der Waals surface area contributed by atoms with Gasteiger partial charge in [0.25, 0.3) is 5.56 Å². The van der Waals surface area contributed by atoms with Crippen molar-refractivity contribution >= 4 is 0 Å². The summed E-state index contributed by atoms with van der Waals surface area (Å²) in [6, 6.07) is 3.65. The molecule has 0 radical (unpaired) electrons. The Morgan fingerprint density at radius 1 is 1.23 bits per heavy atom. The summed E-state index contributed by atoms with van der Waals surface area (Å²) in [6.07, 6.45) is -1.30. The number of pyridine rings is 1. The predicted octanol–water partition coefficient (Wildman–Crippen LogP) is 2.50. The van der Waals surface area contributed by atoms with E-state index >= 15 is 0 Å². The van der Waals surface area contributed by atoms with Gasteiger partial charge in [-0.1, -0.05) is 6.07 Å². The van der Waals surface area contributed by atoms with E-state index in [2.05, 4.69) is 14.5 Å². The van der Waals surface area contributed by atoms with Gasteiger partial charge in [0.05, 0.1) is 12.2 Å². The van der Waals surface area contributed by atoms with Crippen molar-refractivity contribution in [2.75, 3.05) is 26.7 Å².